The second-order valence-corrected chi connectivity index (χ2v) is 16.9. The number of nitrogens with one attached hydrogen (secondary N) is 1. The van der Waals surface area contributed by atoms with Gasteiger partial charge in [0.1, 0.15) is 17.5 Å². The number of aryl methyl sites for hydroxylation is 2. The van der Waals surface area contributed by atoms with Crippen molar-refractivity contribution in [2.24, 2.45) is 5.92 Å². The van der Waals surface area contributed by atoms with Gasteiger partial charge in [-0.25, -0.2) is 9.78 Å². The molecule has 3 fully saturated rings. The van der Waals surface area contributed by atoms with E-state index in [0.717, 1.165) is 53.9 Å². The maximum absolute atomic E-state index is 14.8. The van der Waals surface area contributed by atoms with E-state index in [9.17, 15) is 14.4 Å². The normalized spacial score (nSPS) is 20.1. The molecule has 1 N–H and O–H groups in total. The SMILES string of the molecule is CNC(=O)CCc1ccc(Cl)c(CN(C(=O)C2CN(C(=O)OC(C)(C)C)CCC2c2ccc(N3CC[C@@H](Oc4c(Cl)cc(C)cc4Cl)C3)nc2)C2CC2)c1. The van der Waals surface area contributed by atoms with Gasteiger partial charge in [-0.05, 0) is 99.9 Å². The molecule has 3 aliphatic rings. The summed E-state index contributed by atoms with van der Waals surface area (Å²) in [4.78, 5) is 50.7. The number of hydrogen-bond donors (Lipinski definition) is 1. The van der Waals surface area contributed by atoms with Crippen LogP contribution in [0.3, 0.4) is 0 Å². The monoisotopic (exact) mass is 797 g/mol. The third-order valence-electron chi connectivity index (χ3n) is 10.3. The van der Waals surface area contributed by atoms with Gasteiger partial charge in [-0.2, -0.15) is 0 Å². The maximum Gasteiger partial charge on any atom is 0.410 e. The van der Waals surface area contributed by atoms with Crippen molar-refractivity contribution in [1.82, 2.24) is 20.1 Å². The number of benzene rings is 2. The van der Waals surface area contributed by atoms with Gasteiger partial charge in [0, 0.05) is 69.2 Å². The van der Waals surface area contributed by atoms with Gasteiger partial charge >= 0.3 is 6.09 Å². The third kappa shape index (κ3) is 9.92. The van der Waals surface area contributed by atoms with E-state index in [4.69, 9.17) is 49.3 Å². The number of carbonyl (C=O) groups excluding carboxylic acids is 3. The number of ether oxygens (including phenoxy) is 2. The van der Waals surface area contributed by atoms with Crippen molar-refractivity contribution in [3.05, 3.63) is 86.0 Å². The summed E-state index contributed by atoms with van der Waals surface area (Å²) in [6.45, 7) is 9.91. The lowest BCUT2D eigenvalue weighted by Crippen LogP contribution is -2.51. The van der Waals surface area contributed by atoms with E-state index in [1.807, 2.05) is 75.2 Å². The van der Waals surface area contributed by atoms with Crippen molar-refractivity contribution in [1.29, 1.82) is 0 Å². The Labute approximate surface area is 333 Å². The van der Waals surface area contributed by atoms with E-state index in [1.54, 1.807) is 11.9 Å². The van der Waals surface area contributed by atoms with E-state index < -0.39 is 17.6 Å². The average Bonchev–Trinajstić information content (AvgIpc) is 3.87. The zero-order valence-electron chi connectivity index (χ0n) is 31.7. The molecule has 3 atom stereocenters. The van der Waals surface area contributed by atoms with Crippen LogP contribution in [-0.4, -0.2) is 83.7 Å². The second kappa shape index (κ2) is 17.0. The highest BCUT2D eigenvalue weighted by atomic mass is 35.5. The molecule has 290 valence electrons. The summed E-state index contributed by atoms with van der Waals surface area (Å²) in [7, 11) is 1.63. The highest BCUT2D eigenvalue weighted by molar-refractivity contribution is 6.37. The van der Waals surface area contributed by atoms with Crippen LogP contribution < -0.4 is 15.0 Å². The summed E-state index contributed by atoms with van der Waals surface area (Å²) >= 11 is 19.6. The number of halogens is 3. The van der Waals surface area contributed by atoms with Gasteiger partial charge in [0.15, 0.2) is 5.75 Å². The van der Waals surface area contributed by atoms with Crippen molar-refractivity contribution < 1.29 is 23.9 Å². The van der Waals surface area contributed by atoms with Gasteiger partial charge in [-0.1, -0.05) is 53.0 Å². The number of aromatic nitrogens is 1. The molecular formula is C41H50Cl3N5O5. The molecule has 2 aromatic carbocycles. The van der Waals surface area contributed by atoms with Crippen molar-refractivity contribution >= 4 is 58.5 Å². The van der Waals surface area contributed by atoms with Gasteiger partial charge in [0.05, 0.1) is 22.5 Å². The molecule has 0 spiro atoms. The molecule has 1 aliphatic carbocycles. The van der Waals surface area contributed by atoms with Crippen LogP contribution in [-0.2, 0) is 27.3 Å². The summed E-state index contributed by atoms with van der Waals surface area (Å²) in [5, 5.41) is 4.24. The summed E-state index contributed by atoms with van der Waals surface area (Å²) < 4.78 is 12.0. The number of carbonyl (C=O) groups is 3. The summed E-state index contributed by atoms with van der Waals surface area (Å²) in [6.07, 6.45) is 5.49. The molecule has 6 rings (SSSR count). The van der Waals surface area contributed by atoms with E-state index in [2.05, 4.69) is 16.3 Å². The minimum absolute atomic E-state index is 0.0142. The van der Waals surface area contributed by atoms with E-state index in [1.165, 1.54) is 0 Å². The topological polar surface area (TPSA) is 104 Å². The maximum atomic E-state index is 14.8. The lowest BCUT2D eigenvalue weighted by Gasteiger charge is -2.40. The fraction of sp³-hybridized carbons (Fsp3) is 0.512. The molecular weight excluding hydrogens is 749 g/mol. The Morgan fingerprint density at radius 1 is 0.944 bits per heavy atom. The Kier molecular flexibility index (Phi) is 12.5. The fourth-order valence-corrected chi connectivity index (χ4v) is 8.22. The molecule has 0 radical (unpaired) electrons. The number of nitrogens with zero attached hydrogens (tertiary/aromatic N) is 4. The number of piperidine rings is 1. The third-order valence-corrected chi connectivity index (χ3v) is 11.2. The zero-order chi connectivity index (χ0) is 38.7. The van der Waals surface area contributed by atoms with Crippen LogP contribution in [0.1, 0.15) is 81.0 Å². The predicted octanol–water partition coefficient (Wildman–Crippen LogP) is 8.22. The van der Waals surface area contributed by atoms with Gasteiger partial charge in [-0.15, -0.1) is 0 Å². The molecule has 13 heteroatoms. The number of likely N-dealkylation sites (tertiary alicyclic amines) is 1. The minimum atomic E-state index is -0.662. The van der Waals surface area contributed by atoms with E-state index in [0.29, 0.717) is 59.7 Å². The Morgan fingerprint density at radius 3 is 2.33 bits per heavy atom. The minimum Gasteiger partial charge on any atom is -0.485 e. The summed E-state index contributed by atoms with van der Waals surface area (Å²) in [5.41, 5.74) is 3.09. The molecule has 2 unspecified atom stereocenters. The van der Waals surface area contributed by atoms with Crippen LogP contribution in [0.2, 0.25) is 15.1 Å². The van der Waals surface area contributed by atoms with Crippen LogP contribution in [0.15, 0.2) is 48.7 Å². The second-order valence-electron chi connectivity index (χ2n) is 15.7. The highest BCUT2D eigenvalue weighted by Crippen LogP contribution is 2.40. The summed E-state index contributed by atoms with van der Waals surface area (Å²) in [5.74, 6) is 0.611. The van der Waals surface area contributed by atoms with E-state index in [-0.39, 0.29) is 36.4 Å². The smallest absolute Gasteiger partial charge is 0.410 e. The molecule has 0 bridgehead atoms. The quantitative estimate of drug-likeness (QED) is 0.209. The number of hydrogen-bond acceptors (Lipinski definition) is 7. The van der Waals surface area contributed by atoms with Crippen molar-refractivity contribution in [3.8, 4) is 5.75 Å². The number of amides is 3. The first-order chi connectivity index (χ1) is 25.7. The number of rotatable bonds is 11. The molecule has 3 aromatic rings. The van der Waals surface area contributed by atoms with Gasteiger partial charge in [0.2, 0.25) is 11.8 Å². The first kappa shape index (κ1) is 39.9. The van der Waals surface area contributed by atoms with Crippen LogP contribution in [0.25, 0.3) is 0 Å². The Morgan fingerprint density at radius 2 is 1.69 bits per heavy atom. The van der Waals surface area contributed by atoms with Crippen LogP contribution in [0.4, 0.5) is 10.6 Å². The molecule has 3 heterocycles. The first-order valence-corrected chi connectivity index (χ1v) is 19.9. The molecule has 10 nitrogen and oxygen atoms in total. The molecule has 1 aromatic heterocycles. The van der Waals surface area contributed by atoms with E-state index >= 15 is 0 Å². The number of pyridine rings is 1. The molecule has 2 saturated heterocycles. The van der Waals surface area contributed by atoms with Gasteiger partial charge in [0.25, 0.3) is 0 Å². The van der Waals surface area contributed by atoms with Crippen LogP contribution in [0, 0.1) is 12.8 Å². The predicted molar refractivity (Wildman–Crippen MR) is 213 cm³/mol. The van der Waals surface area contributed by atoms with Gasteiger partial charge < -0.3 is 29.5 Å². The van der Waals surface area contributed by atoms with Crippen molar-refractivity contribution in [2.45, 2.75) is 96.4 Å². The van der Waals surface area contributed by atoms with Crippen molar-refractivity contribution in [2.75, 3.05) is 38.1 Å². The van der Waals surface area contributed by atoms with Gasteiger partial charge in [-0.3, -0.25) is 9.59 Å². The van der Waals surface area contributed by atoms with Crippen LogP contribution >= 0.6 is 34.8 Å². The molecule has 54 heavy (non-hydrogen) atoms. The highest BCUT2D eigenvalue weighted by Gasteiger charge is 2.43. The number of anilines is 1. The summed E-state index contributed by atoms with van der Waals surface area (Å²) in [6, 6.07) is 13.6. The fourth-order valence-electron chi connectivity index (χ4n) is 7.35. The standard InChI is InChI=1S/C41H50Cl3N5O5/c1-25-18-34(43)38(35(44)19-25)53-30-14-16-47(23-30)36-12-8-27(21-46-36)31-15-17-48(40(52)54-41(2,3)4)24-32(31)39(51)49(29-9-10-29)22-28-20-26(6-11-33(28)42)7-13-37(50)45-5/h6,8,11-12,18-21,29-32H,7,9-10,13-17,22-24H2,1-5H3,(H,45,50)/t30-,31?,32?/m1/s1. The molecule has 2 aliphatic heterocycles. The lowest BCUT2D eigenvalue weighted by molar-refractivity contribution is -0.139. The van der Waals surface area contributed by atoms with Crippen molar-refractivity contribution in [3.63, 3.8) is 0 Å². The first-order valence-electron chi connectivity index (χ1n) is 18.8. The Hall–Kier alpha value is -3.73. The van der Waals surface area contributed by atoms with Crippen LogP contribution in [0.5, 0.6) is 5.75 Å². The molecule has 1 saturated carbocycles. The average molecular weight is 799 g/mol. The largest absolute Gasteiger partial charge is 0.485 e. The Bertz CT molecular complexity index is 1820. The lowest BCUT2D eigenvalue weighted by atomic mass is 9.80. The molecule has 3 amide bonds. The Balaban J connectivity index is 1.20. The zero-order valence-corrected chi connectivity index (χ0v) is 33.9.